The molecule has 0 fully saturated rings. The van der Waals surface area contributed by atoms with Crippen LogP contribution in [0.5, 0.6) is 11.5 Å². The molecule has 1 heterocycles. The summed E-state index contributed by atoms with van der Waals surface area (Å²) >= 11 is 6.28. The van der Waals surface area contributed by atoms with Gasteiger partial charge in [0.1, 0.15) is 0 Å². The maximum atomic E-state index is 11.6. The molecule has 2 rings (SSSR count). The third kappa shape index (κ3) is 3.60. The molecule has 0 N–H and O–H groups in total. The summed E-state index contributed by atoms with van der Waals surface area (Å²) in [6.07, 6.45) is 2.47. The Hall–Kier alpha value is -2.01. The first-order valence-corrected chi connectivity index (χ1v) is 7.35. The van der Waals surface area contributed by atoms with Gasteiger partial charge in [0, 0.05) is 6.92 Å². The van der Waals surface area contributed by atoms with E-state index in [1.807, 2.05) is 13.8 Å². The molecule has 0 saturated heterocycles. The number of carbonyl (C=O) groups is 1. The average molecular weight is 324 g/mol. The molecule has 0 bridgehead atoms. The number of carbonyl (C=O) groups excluding carboxylic acids is 1. The largest absolute Gasteiger partial charge is 0.493 e. The van der Waals surface area contributed by atoms with Crippen LogP contribution in [0.3, 0.4) is 0 Å². The lowest BCUT2D eigenvalue weighted by atomic mass is 10.1. The molecule has 0 aliphatic carbocycles. The lowest BCUT2D eigenvalue weighted by Gasteiger charge is -2.17. The van der Waals surface area contributed by atoms with Crippen LogP contribution in [0, 0.1) is 0 Å². The minimum atomic E-state index is -0.479. The van der Waals surface area contributed by atoms with Crippen molar-refractivity contribution >= 4 is 29.5 Å². The van der Waals surface area contributed by atoms with Crippen LogP contribution in [-0.4, -0.2) is 25.1 Å². The molecule has 6 heteroatoms. The summed E-state index contributed by atoms with van der Waals surface area (Å²) in [7, 11) is 1.54. The van der Waals surface area contributed by atoms with Crippen LogP contribution in [0.1, 0.15) is 32.8 Å². The van der Waals surface area contributed by atoms with Gasteiger partial charge in [0.15, 0.2) is 23.1 Å². The van der Waals surface area contributed by atoms with E-state index in [0.29, 0.717) is 28.0 Å². The fourth-order valence-corrected chi connectivity index (χ4v) is 2.16. The second-order valence-electron chi connectivity index (χ2n) is 4.92. The van der Waals surface area contributed by atoms with Crippen molar-refractivity contribution in [2.45, 2.75) is 33.3 Å². The third-order valence-electron chi connectivity index (χ3n) is 3.18. The number of methoxy groups -OCH3 is 1. The SMILES string of the molecule is CC[C@@H](C)Oc1c(Cl)cc(/C=C2/N=C(C)OC2=O)cc1OC. The van der Waals surface area contributed by atoms with Crippen molar-refractivity contribution in [3.05, 3.63) is 28.4 Å². The normalized spacial score (nSPS) is 17.2. The number of cyclic esters (lactones) is 1. The quantitative estimate of drug-likeness (QED) is 0.610. The van der Waals surface area contributed by atoms with Crippen molar-refractivity contribution in [2.24, 2.45) is 4.99 Å². The summed E-state index contributed by atoms with van der Waals surface area (Å²) in [6.45, 7) is 5.60. The number of hydrogen-bond donors (Lipinski definition) is 0. The molecule has 1 aliphatic rings. The van der Waals surface area contributed by atoms with Gasteiger partial charge in [0.05, 0.1) is 18.2 Å². The first-order valence-electron chi connectivity index (χ1n) is 6.98. The van der Waals surface area contributed by atoms with E-state index in [-0.39, 0.29) is 11.8 Å². The van der Waals surface area contributed by atoms with Crippen LogP contribution in [0.2, 0.25) is 5.02 Å². The summed E-state index contributed by atoms with van der Waals surface area (Å²) in [5, 5.41) is 0.415. The van der Waals surface area contributed by atoms with Crippen molar-refractivity contribution in [2.75, 3.05) is 7.11 Å². The van der Waals surface area contributed by atoms with Gasteiger partial charge < -0.3 is 14.2 Å². The van der Waals surface area contributed by atoms with Crippen molar-refractivity contribution in [3.63, 3.8) is 0 Å². The highest BCUT2D eigenvalue weighted by Gasteiger charge is 2.20. The Bertz CT molecular complexity index is 652. The van der Waals surface area contributed by atoms with Crippen molar-refractivity contribution < 1.29 is 19.0 Å². The van der Waals surface area contributed by atoms with Crippen LogP contribution in [0.25, 0.3) is 6.08 Å². The molecule has 0 spiro atoms. The molecule has 1 aliphatic heterocycles. The summed E-state index contributed by atoms with van der Waals surface area (Å²) < 4.78 is 16.0. The Kier molecular flexibility index (Phi) is 5.08. The first-order chi connectivity index (χ1) is 10.4. The lowest BCUT2D eigenvalue weighted by Crippen LogP contribution is -2.11. The summed E-state index contributed by atoms with van der Waals surface area (Å²) in [6, 6.07) is 3.44. The molecule has 0 aromatic heterocycles. The lowest BCUT2D eigenvalue weighted by molar-refractivity contribution is -0.130. The Morgan fingerprint density at radius 3 is 2.73 bits per heavy atom. The van der Waals surface area contributed by atoms with Gasteiger partial charge >= 0.3 is 5.97 Å². The Morgan fingerprint density at radius 2 is 2.18 bits per heavy atom. The van der Waals surface area contributed by atoms with Gasteiger partial charge in [-0.05, 0) is 37.1 Å². The smallest absolute Gasteiger partial charge is 0.363 e. The second-order valence-corrected chi connectivity index (χ2v) is 5.33. The van der Waals surface area contributed by atoms with E-state index in [9.17, 15) is 4.79 Å². The predicted octanol–water partition coefficient (Wildman–Crippen LogP) is 3.84. The van der Waals surface area contributed by atoms with Gasteiger partial charge in [-0.2, -0.15) is 0 Å². The Morgan fingerprint density at radius 1 is 1.45 bits per heavy atom. The van der Waals surface area contributed by atoms with Gasteiger partial charge in [-0.25, -0.2) is 9.79 Å². The molecule has 0 amide bonds. The van der Waals surface area contributed by atoms with E-state index < -0.39 is 5.97 Å². The number of aliphatic imine (C=N–C) groups is 1. The number of hydrogen-bond acceptors (Lipinski definition) is 5. The van der Waals surface area contributed by atoms with Crippen molar-refractivity contribution in [1.29, 1.82) is 0 Å². The van der Waals surface area contributed by atoms with Gasteiger partial charge in [0.25, 0.3) is 0 Å². The number of benzene rings is 1. The maximum Gasteiger partial charge on any atom is 0.363 e. The van der Waals surface area contributed by atoms with E-state index >= 15 is 0 Å². The van der Waals surface area contributed by atoms with Gasteiger partial charge in [0.2, 0.25) is 0 Å². The molecule has 1 aromatic rings. The van der Waals surface area contributed by atoms with Crippen molar-refractivity contribution in [3.8, 4) is 11.5 Å². The number of esters is 1. The van der Waals surface area contributed by atoms with E-state index in [2.05, 4.69) is 4.99 Å². The fraction of sp³-hybridized carbons (Fsp3) is 0.375. The summed E-state index contributed by atoms with van der Waals surface area (Å²) in [5.41, 5.74) is 0.912. The standard InChI is InChI=1S/C16H18ClNO4/c1-5-9(2)21-15-12(17)6-11(8-14(15)20-4)7-13-16(19)22-10(3)18-13/h6-9H,5H2,1-4H3/b13-7+/t9-/m1/s1. The highest BCUT2D eigenvalue weighted by atomic mass is 35.5. The number of halogens is 1. The Balaban J connectivity index is 2.38. The molecule has 1 atom stereocenters. The van der Waals surface area contributed by atoms with Gasteiger partial charge in [-0.3, -0.25) is 0 Å². The number of nitrogens with zero attached hydrogens (tertiary/aromatic N) is 1. The van der Waals surface area contributed by atoms with Crippen LogP contribution in [-0.2, 0) is 9.53 Å². The highest BCUT2D eigenvalue weighted by molar-refractivity contribution is 6.32. The molecule has 0 unspecified atom stereocenters. The van der Waals surface area contributed by atoms with Crippen LogP contribution >= 0.6 is 11.6 Å². The molecule has 118 valence electrons. The van der Waals surface area contributed by atoms with Crippen molar-refractivity contribution in [1.82, 2.24) is 0 Å². The van der Waals surface area contributed by atoms with E-state index in [1.165, 1.54) is 7.11 Å². The molecule has 0 radical (unpaired) electrons. The monoisotopic (exact) mass is 323 g/mol. The molecule has 22 heavy (non-hydrogen) atoms. The van der Waals surface area contributed by atoms with Gasteiger partial charge in [-0.15, -0.1) is 0 Å². The highest BCUT2D eigenvalue weighted by Crippen LogP contribution is 2.38. The maximum absolute atomic E-state index is 11.6. The zero-order valence-electron chi connectivity index (χ0n) is 13.0. The first kappa shape index (κ1) is 16.4. The fourth-order valence-electron chi connectivity index (χ4n) is 1.90. The average Bonchev–Trinajstić information content (AvgIpc) is 2.79. The van der Waals surface area contributed by atoms with Crippen LogP contribution < -0.4 is 9.47 Å². The van der Waals surface area contributed by atoms with E-state index in [4.69, 9.17) is 25.8 Å². The minimum absolute atomic E-state index is 0.0210. The molecule has 1 aromatic carbocycles. The van der Waals surface area contributed by atoms with Crippen LogP contribution in [0.15, 0.2) is 22.8 Å². The zero-order valence-corrected chi connectivity index (χ0v) is 13.7. The van der Waals surface area contributed by atoms with E-state index in [0.717, 1.165) is 6.42 Å². The third-order valence-corrected chi connectivity index (χ3v) is 3.46. The zero-order chi connectivity index (χ0) is 16.3. The number of ether oxygens (including phenoxy) is 3. The molecular weight excluding hydrogens is 306 g/mol. The Labute approximate surface area is 134 Å². The van der Waals surface area contributed by atoms with E-state index in [1.54, 1.807) is 25.1 Å². The molecule has 0 saturated carbocycles. The van der Waals surface area contributed by atoms with Crippen LogP contribution in [0.4, 0.5) is 0 Å². The topological polar surface area (TPSA) is 57.1 Å². The summed E-state index contributed by atoms with van der Waals surface area (Å²) in [4.78, 5) is 15.6. The predicted molar refractivity (Wildman–Crippen MR) is 85.6 cm³/mol. The van der Waals surface area contributed by atoms with Gasteiger partial charge in [-0.1, -0.05) is 18.5 Å². The molecular formula is C16H18ClNO4. The summed E-state index contributed by atoms with van der Waals surface area (Å²) in [5.74, 6) is 0.847. The second kappa shape index (κ2) is 6.83. The number of rotatable bonds is 5. The minimum Gasteiger partial charge on any atom is -0.493 e. The molecule has 5 nitrogen and oxygen atoms in total.